The van der Waals surface area contributed by atoms with Gasteiger partial charge in [-0.1, -0.05) is 12.1 Å². The molecule has 2 amide bonds. The molecule has 1 rings (SSSR count). The molecule has 0 atom stereocenters. The molecule has 0 bridgehead atoms. The number of carbonyl (C=O) groups excluding carboxylic acids is 2. The summed E-state index contributed by atoms with van der Waals surface area (Å²) in [6.45, 7) is 5.89. The van der Waals surface area contributed by atoms with Gasteiger partial charge in [-0.3, -0.25) is 14.5 Å². The zero-order valence-corrected chi connectivity index (χ0v) is 13.4. The lowest BCUT2D eigenvalue weighted by atomic mass is 10.2. The van der Waals surface area contributed by atoms with Gasteiger partial charge < -0.3 is 10.2 Å². The average Bonchev–Trinajstić information content (AvgIpc) is 2.47. The maximum absolute atomic E-state index is 12.8. The van der Waals surface area contributed by atoms with Crippen LogP contribution < -0.4 is 5.32 Å². The Kier molecular flexibility index (Phi) is 7.52. The van der Waals surface area contributed by atoms with Crippen molar-refractivity contribution in [3.8, 4) is 0 Å². The van der Waals surface area contributed by atoms with Crippen LogP contribution in [0.25, 0.3) is 0 Å². The Hall–Kier alpha value is -1.95. The van der Waals surface area contributed by atoms with Gasteiger partial charge in [0.15, 0.2) is 0 Å². The third kappa shape index (κ3) is 6.22. The van der Waals surface area contributed by atoms with Crippen LogP contribution in [0, 0.1) is 5.82 Å². The Morgan fingerprint density at radius 1 is 1.09 bits per heavy atom. The van der Waals surface area contributed by atoms with Crippen molar-refractivity contribution < 1.29 is 14.0 Å². The molecule has 0 fully saturated rings. The first-order chi connectivity index (χ1) is 10.5. The van der Waals surface area contributed by atoms with Gasteiger partial charge in [0, 0.05) is 19.6 Å². The summed E-state index contributed by atoms with van der Waals surface area (Å²) in [5.74, 6) is -0.456. The predicted octanol–water partition coefficient (Wildman–Crippen LogP) is 1.24. The highest BCUT2D eigenvalue weighted by Crippen LogP contribution is 2.02. The van der Waals surface area contributed by atoms with Gasteiger partial charge in [0.25, 0.3) is 0 Å². The fourth-order valence-corrected chi connectivity index (χ4v) is 2.07. The third-order valence-corrected chi connectivity index (χ3v) is 3.34. The fourth-order valence-electron chi connectivity index (χ4n) is 2.07. The van der Waals surface area contributed by atoms with Crippen molar-refractivity contribution in [1.29, 1.82) is 0 Å². The number of carbonyl (C=O) groups is 2. The topological polar surface area (TPSA) is 52.7 Å². The van der Waals surface area contributed by atoms with Gasteiger partial charge in [0.2, 0.25) is 11.8 Å². The van der Waals surface area contributed by atoms with Crippen LogP contribution >= 0.6 is 0 Å². The molecule has 1 N–H and O–H groups in total. The smallest absolute Gasteiger partial charge is 0.236 e. The first kappa shape index (κ1) is 18.1. The molecule has 5 nitrogen and oxygen atoms in total. The van der Waals surface area contributed by atoms with E-state index in [0.29, 0.717) is 19.6 Å². The number of benzene rings is 1. The van der Waals surface area contributed by atoms with Gasteiger partial charge in [-0.2, -0.15) is 0 Å². The van der Waals surface area contributed by atoms with Gasteiger partial charge in [-0.15, -0.1) is 0 Å². The normalized spacial score (nSPS) is 10.6. The first-order valence-electron chi connectivity index (χ1n) is 7.43. The van der Waals surface area contributed by atoms with Gasteiger partial charge in [-0.25, -0.2) is 4.39 Å². The van der Waals surface area contributed by atoms with Crippen LogP contribution in [-0.4, -0.2) is 54.8 Å². The lowest BCUT2D eigenvalue weighted by Crippen LogP contribution is -2.42. The highest BCUT2D eigenvalue weighted by Gasteiger charge is 2.14. The molecule has 22 heavy (non-hydrogen) atoms. The molecule has 0 aliphatic rings. The van der Waals surface area contributed by atoms with Crippen LogP contribution in [-0.2, 0) is 16.1 Å². The zero-order valence-electron chi connectivity index (χ0n) is 13.4. The molecule has 0 aromatic heterocycles. The summed E-state index contributed by atoms with van der Waals surface area (Å²) >= 11 is 0. The maximum Gasteiger partial charge on any atom is 0.236 e. The molecule has 0 radical (unpaired) electrons. The van der Waals surface area contributed by atoms with Gasteiger partial charge >= 0.3 is 0 Å². The number of hydrogen-bond donors (Lipinski definition) is 1. The van der Waals surface area contributed by atoms with Crippen LogP contribution in [0.15, 0.2) is 24.3 Å². The van der Waals surface area contributed by atoms with E-state index in [0.717, 1.165) is 5.56 Å². The molecule has 0 heterocycles. The van der Waals surface area contributed by atoms with E-state index in [9.17, 15) is 14.0 Å². The molecule has 0 unspecified atom stereocenters. The lowest BCUT2D eigenvalue weighted by molar-refractivity contribution is -0.132. The SMILES string of the molecule is CCN(CC)C(=O)CN(C)CC(=O)NCc1ccc(F)cc1. The van der Waals surface area contributed by atoms with Crippen molar-refractivity contribution in [2.45, 2.75) is 20.4 Å². The van der Waals surface area contributed by atoms with Crippen LogP contribution in [0.4, 0.5) is 4.39 Å². The largest absolute Gasteiger partial charge is 0.351 e. The number of nitrogens with zero attached hydrogens (tertiary/aromatic N) is 2. The van der Waals surface area contributed by atoms with Crippen molar-refractivity contribution in [3.63, 3.8) is 0 Å². The van der Waals surface area contributed by atoms with E-state index >= 15 is 0 Å². The molecule has 122 valence electrons. The van der Waals surface area contributed by atoms with Crippen molar-refractivity contribution in [1.82, 2.24) is 15.1 Å². The van der Waals surface area contributed by atoms with Crippen molar-refractivity contribution in [2.24, 2.45) is 0 Å². The average molecular weight is 309 g/mol. The summed E-state index contributed by atoms with van der Waals surface area (Å²) in [6, 6.07) is 5.97. The monoisotopic (exact) mass is 309 g/mol. The molecule has 1 aromatic carbocycles. The molecule has 6 heteroatoms. The maximum atomic E-state index is 12.8. The van der Waals surface area contributed by atoms with Crippen molar-refractivity contribution >= 4 is 11.8 Å². The van der Waals surface area contributed by atoms with Crippen LogP contribution in [0.5, 0.6) is 0 Å². The number of likely N-dealkylation sites (N-methyl/N-ethyl adjacent to an activating group) is 2. The van der Waals surface area contributed by atoms with Crippen LogP contribution in [0.1, 0.15) is 19.4 Å². The van der Waals surface area contributed by atoms with E-state index in [1.54, 1.807) is 29.0 Å². The Morgan fingerprint density at radius 3 is 2.23 bits per heavy atom. The molecule has 0 aliphatic carbocycles. The summed E-state index contributed by atoms with van der Waals surface area (Å²) in [5.41, 5.74) is 0.830. The minimum atomic E-state index is -0.301. The first-order valence-corrected chi connectivity index (χ1v) is 7.43. The van der Waals surface area contributed by atoms with E-state index < -0.39 is 0 Å². The summed E-state index contributed by atoms with van der Waals surface area (Å²) in [6.07, 6.45) is 0. The number of hydrogen-bond acceptors (Lipinski definition) is 3. The van der Waals surface area contributed by atoms with Crippen LogP contribution in [0.2, 0.25) is 0 Å². The van der Waals surface area contributed by atoms with E-state index in [1.807, 2.05) is 13.8 Å². The summed E-state index contributed by atoms with van der Waals surface area (Å²) in [7, 11) is 1.73. The zero-order chi connectivity index (χ0) is 16.5. The highest BCUT2D eigenvalue weighted by atomic mass is 19.1. The quantitative estimate of drug-likeness (QED) is 0.786. The van der Waals surface area contributed by atoms with Crippen molar-refractivity contribution in [2.75, 3.05) is 33.2 Å². The number of nitrogens with one attached hydrogen (secondary N) is 1. The van der Waals surface area contributed by atoms with Gasteiger partial charge in [0.1, 0.15) is 5.82 Å². The molecule has 0 saturated carbocycles. The molecular formula is C16H24FN3O2. The Labute approximate surface area is 131 Å². The lowest BCUT2D eigenvalue weighted by Gasteiger charge is -2.22. The van der Waals surface area contributed by atoms with E-state index in [2.05, 4.69) is 5.32 Å². The predicted molar refractivity (Wildman–Crippen MR) is 83.7 cm³/mol. The summed E-state index contributed by atoms with van der Waals surface area (Å²) in [5, 5.41) is 2.75. The second-order valence-corrected chi connectivity index (χ2v) is 5.14. The second kappa shape index (κ2) is 9.15. The Bertz CT molecular complexity index is 487. The number of halogens is 1. The highest BCUT2D eigenvalue weighted by molar-refractivity contribution is 5.81. The molecule has 1 aromatic rings. The van der Waals surface area contributed by atoms with E-state index in [1.165, 1.54) is 12.1 Å². The van der Waals surface area contributed by atoms with Crippen LogP contribution in [0.3, 0.4) is 0 Å². The minimum absolute atomic E-state index is 0.0128. The molecule has 0 aliphatic heterocycles. The molecular weight excluding hydrogens is 285 g/mol. The molecule has 0 spiro atoms. The summed E-state index contributed by atoms with van der Waals surface area (Å²) in [4.78, 5) is 27.2. The summed E-state index contributed by atoms with van der Waals surface area (Å²) < 4.78 is 12.8. The van der Waals surface area contributed by atoms with Gasteiger partial charge in [-0.05, 0) is 38.6 Å². The van der Waals surface area contributed by atoms with E-state index in [-0.39, 0.29) is 30.7 Å². The molecule has 0 saturated heterocycles. The minimum Gasteiger partial charge on any atom is -0.351 e. The van der Waals surface area contributed by atoms with Gasteiger partial charge in [0.05, 0.1) is 13.1 Å². The Balaban J connectivity index is 2.34. The Morgan fingerprint density at radius 2 is 1.68 bits per heavy atom. The standard InChI is InChI=1S/C16H24FN3O2/c1-4-20(5-2)16(22)12-19(3)11-15(21)18-10-13-6-8-14(17)9-7-13/h6-9H,4-5,10-12H2,1-3H3,(H,18,21). The third-order valence-electron chi connectivity index (χ3n) is 3.34. The number of amides is 2. The number of rotatable bonds is 8. The fraction of sp³-hybridized carbons (Fsp3) is 0.500. The van der Waals surface area contributed by atoms with E-state index in [4.69, 9.17) is 0 Å². The van der Waals surface area contributed by atoms with Crippen molar-refractivity contribution in [3.05, 3.63) is 35.6 Å². The second-order valence-electron chi connectivity index (χ2n) is 5.14.